The Balaban J connectivity index is 1.65. The van der Waals surface area contributed by atoms with Gasteiger partial charge in [-0.15, -0.1) is 0 Å². The molecule has 1 aromatic carbocycles. The van der Waals surface area contributed by atoms with Gasteiger partial charge in [-0.05, 0) is 50.2 Å². The van der Waals surface area contributed by atoms with Crippen molar-refractivity contribution in [3.05, 3.63) is 47.5 Å². The third-order valence-electron chi connectivity index (χ3n) is 6.34. The monoisotopic (exact) mass is 397 g/mol. The fraction of sp³-hybridized carbons (Fsp3) is 0.522. The molecule has 0 unspecified atom stereocenters. The van der Waals surface area contributed by atoms with Gasteiger partial charge in [0.2, 0.25) is 5.91 Å². The average molecular weight is 398 g/mol. The quantitative estimate of drug-likeness (QED) is 0.592. The zero-order valence-electron chi connectivity index (χ0n) is 17.7. The van der Waals surface area contributed by atoms with Gasteiger partial charge in [-0.2, -0.15) is 0 Å². The zero-order valence-corrected chi connectivity index (χ0v) is 17.7. The van der Waals surface area contributed by atoms with Crippen molar-refractivity contribution in [1.82, 2.24) is 15.1 Å². The van der Waals surface area contributed by atoms with Crippen LogP contribution in [-0.2, 0) is 16.0 Å². The number of imide groups is 1. The van der Waals surface area contributed by atoms with Gasteiger partial charge in [0.1, 0.15) is 5.54 Å². The van der Waals surface area contributed by atoms with E-state index in [0.29, 0.717) is 38.8 Å². The predicted octanol–water partition coefficient (Wildman–Crippen LogP) is 3.05. The minimum atomic E-state index is -0.863. The van der Waals surface area contributed by atoms with Crippen molar-refractivity contribution in [2.24, 2.45) is 5.92 Å². The summed E-state index contributed by atoms with van der Waals surface area (Å²) >= 11 is 0. The molecule has 0 aromatic heterocycles. The number of likely N-dealkylation sites (tertiary alicyclic amines) is 1. The summed E-state index contributed by atoms with van der Waals surface area (Å²) in [7, 11) is 0. The summed E-state index contributed by atoms with van der Waals surface area (Å²) < 4.78 is 0. The number of hydrogen-bond acceptors (Lipinski definition) is 3. The van der Waals surface area contributed by atoms with Crippen LogP contribution < -0.4 is 5.32 Å². The summed E-state index contributed by atoms with van der Waals surface area (Å²) in [5, 5.41) is 2.98. The first-order chi connectivity index (χ1) is 13.8. The summed E-state index contributed by atoms with van der Waals surface area (Å²) in [6.07, 6.45) is 2.37. The largest absolute Gasteiger partial charge is 0.342 e. The van der Waals surface area contributed by atoms with Gasteiger partial charge in [-0.25, -0.2) is 4.79 Å². The highest BCUT2D eigenvalue weighted by molar-refractivity contribution is 6.07. The molecule has 1 N–H and O–H groups in total. The summed E-state index contributed by atoms with van der Waals surface area (Å²) in [5.41, 5.74) is 2.09. The van der Waals surface area contributed by atoms with Crippen LogP contribution in [0.3, 0.4) is 0 Å². The highest BCUT2D eigenvalue weighted by Gasteiger charge is 2.54. The van der Waals surface area contributed by atoms with E-state index >= 15 is 0 Å². The molecule has 0 aliphatic carbocycles. The number of benzene rings is 1. The third kappa shape index (κ3) is 4.07. The fourth-order valence-corrected chi connectivity index (χ4v) is 4.57. The second-order valence-corrected chi connectivity index (χ2v) is 8.36. The van der Waals surface area contributed by atoms with Gasteiger partial charge < -0.3 is 10.2 Å². The van der Waals surface area contributed by atoms with Crippen molar-refractivity contribution >= 4 is 17.8 Å². The van der Waals surface area contributed by atoms with Crippen LogP contribution in [0.4, 0.5) is 4.79 Å². The molecule has 0 radical (unpaired) electrons. The standard InChI is InChI=1S/C23H31N3O3/c1-5-23(21(28)26(15-16(2)3)22(29)24-23)19-10-12-25(13-11-19)20(27)14-18-9-7-6-8-17(18)4/h6-9,19H,2,5,10-15H2,1,3-4H3,(H,24,29)/t23-/m0/s1. The lowest BCUT2D eigenvalue weighted by atomic mass is 9.75. The first-order valence-corrected chi connectivity index (χ1v) is 10.4. The molecule has 1 atom stereocenters. The van der Waals surface area contributed by atoms with E-state index in [9.17, 15) is 14.4 Å². The topological polar surface area (TPSA) is 69.7 Å². The van der Waals surface area contributed by atoms with Crippen LogP contribution in [-0.4, -0.2) is 52.8 Å². The van der Waals surface area contributed by atoms with E-state index in [1.165, 1.54) is 4.90 Å². The van der Waals surface area contributed by atoms with Crippen LogP contribution in [0.2, 0.25) is 0 Å². The molecule has 0 bridgehead atoms. The number of carbonyl (C=O) groups is 3. The molecule has 2 aliphatic rings. The van der Waals surface area contributed by atoms with E-state index in [4.69, 9.17) is 0 Å². The molecule has 156 valence electrons. The first kappa shape index (κ1) is 21.1. The van der Waals surface area contributed by atoms with Crippen molar-refractivity contribution in [2.75, 3.05) is 19.6 Å². The molecule has 2 heterocycles. The van der Waals surface area contributed by atoms with Crippen LogP contribution in [0.25, 0.3) is 0 Å². The lowest BCUT2D eigenvalue weighted by Crippen LogP contribution is -2.56. The number of aryl methyl sites for hydroxylation is 1. The molecule has 2 aliphatic heterocycles. The van der Waals surface area contributed by atoms with Crippen molar-refractivity contribution < 1.29 is 14.4 Å². The predicted molar refractivity (Wildman–Crippen MR) is 112 cm³/mol. The SMILES string of the molecule is C=C(C)CN1C(=O)N[C@@](CC)(C2CCN(C(=O)Cc3ccccc3C)CC2)C1=O. The summed E-state index contributed by atoms with van der Waals surface area (Å²) in [5.74, 6) is -0.00624. The fourth-order valence-electron chi connectivity index (χ4n) is 4.57. The summed E-state index contributed by atoms with van der Waals surface area (Å²) in [6.45, 7) is 11.1. The van der Waals surface area contributed by atoms with Crippen LogP contribution >= 0.6 is 0 Å². The highest BCUT2D eigenvalue weighted by atomic mass is 16.2. The minimum Gasteiger partial charge on any atom is -0.342 e. The van der Waals surface area contributed by atoms with Crippen molar-refractivity contribution in [1.29, 1.82) is 0 Å². The van der Waals surface area contributed by atoms with E-state index in [1.54, 1.807) is 0 Å². The Morgan fingerprint density at radius 2 is 1.90 bits per heavy atom. The lowest BCUT2D eigenvalue weighted by Gasteiger charge is -2.40. The molecular weight excluding hydrogens is 366 g/mol. The average Bonchev–Trinajstić information content (AvgIpc) is 2.94. The van der Waals surface area contributed by atoms with Crippen LogP contribution in [0.15, 0.2) is 36.4 Å². The lowest BCUT2D eigenvalue weighted by molar-refractivity contribution is -0.135. The van der Waals surface area contributed by atoms with Gasteiger partial charge in [-0.3, -0.25) is 14.5 Å². The number of amides is 4. The van der Waals surface area contributed by atoms with Crippen LogP contribution in [0.5, 0.6) is 0 Å². The van der Waals surface area contributed by atoms with E-state index < -0.39 is 5.54 Å². The Kier molecular flexibility index (Phi) is 6.10. The molecule has 3 rings (SSSR count). The highest BCUT2D eigenvalue weighted by Crippen LogP contribution is 2.36. The molecule has 0 saturated carbocycles. The molecule has 2 saturated heterocycles. The van der Waals surface area contributed by atoms with Crippen molar-refractivity contribution in [2.45, 2.75) is 52.0 Å². The Labute approximate surface area is 172 Å². The summed E-state index contributed by atoms with van der Waals surface area (Å²) in [4.78, 5) is 41.5. The van der Waals surface area contributed by atoms with Gasteiger partial charge in [0.05, 0.1) is 13.0 Å². The zero-order chi connectivity index (χ0) is 21.2. The normalized spacial score (nSPS) is 22.7. The van der Waals surface area contributed by atoms with E-state index in [0.717, 1.165) is 16.7 Å². The first-order valence-electron chi connectivity index (χ1n) is 10.4. The van der Waals surface area contributed by atoms with Crippen molar-refractivity contribution in [3.8, 4) is 0 Å². The Hall–Kier alpha value is -2.63. The Bertz CT molecular complexity index is 826. The van der Waals surface area contributed by atoms with Gasteiger partial charge in [0, 0.05) is 13.1 Å². The number of hydrogen-bond donors (Lipinski definition) is 1. The van der Waals surface area contributed by atoms with Crippen LogP contribution in [0.1, 0.15) is 44.2 Å². The molecular formula is C23H31N3O3. The third-order valence-corrected chi connectivity index (χ3v) is 6.34. The maximum Gasteiger partial charge on any atom is 0.325 e. The summed E-state index contributed by atoms with van der Waals surface area (Å²) in [6, 6.07) is 7.61. The van der Waals surface area contributed by atoms with Gasteiger partial charge >= 0.3 is 6.03 Å². The molecule has 6 nitrogen and oxygen atoms in total. The maximum atomic E-state index is 13.1. The van der Waals surface area contributed by atoms with E-state index in [-0.39, 0.29) is 30.3 Å². The number of nitrogens with one attached hydrogen (secondary N) is 1. The second kappa shape index (κ2) is 8.39. The molecule has 6 heteroatoms. The number of urea groups is 1. The molecule has 2 fully saturated rings. The van der Waals surface area contributed by atoms with Crippen LogP contribution in [0, 0.1) is 12.8 Å². The number of piperidine rings is 1. The second-order valence-electron chi connectivity index (χ2n) is 8.36. The Morgan fingerprint density at radius 3 is 2.48 bits per heavy atom. The minimum absolute atomic E-state index is 0.0292. The van der Waals surface area contributed by atoms with Gasteiger partial charge in [-0.1, -0.05) is 43.3 Å². The number of carbonyl (C=O) groups excluding carboxylic acids is 3. The van der Waals surface area contributed by atoms with Gasteiger partial charge in [0.15, 0.2) is 0 Å². The molecule has 1 aromatic rings. The van der Waals surface area contributed by atoms with Crippen molar-refractivity contribution in [3.63, 3.8) is 0 Å². The number of nitrogens with zero attached hydrogens (tertiary/aromatic N) is 2. The number of rotatable bonds is 6. The van der Waals surface area contributed by atoms with E-state index in [1.807, 2.05) is 49.9 Å². The molecule has 29 heavy (non-hydrogen) atoms. The maximum absolute atomic E-state index is 13.1. The van der Waals surface area contributed by atoms with E-state index in [2.05, 4.69) is 11.9 Å². The van der Waals surface area contributed by atoms with Gasteiger partial charge in [0.25, 0.3) is 5.91 Å². The molecule has 0 spiro atoms. The smallest absolute Gasteiger partial charge is 0.325 e. The Morgan fingerprint density at radius 1 is 1.24 bits per heavy atom. The molecule has 4 amide bonds.